The standard InChI is InChI=1S/C16H27NO3/c1-3-18-12-6-5-10-17-11-13-20-16-9-7-8-15(14-16)19-4-2/h7-9,14,17H,3-6,10-13H2,1-2H3. The van der Waals surface area contributed by atoms with Gasteiger partial charge in [0.05, 0.1) is 6.61 Å². The molecule has 0 heterocycles. The summed E-state index contributed by atoms with van der Waals surface area (Å²) in [5.41, 5.74) is 0. The molecule has 0 aliphatic carbocycles. The molecule has 0 spiro atoms. The highest BCUT2D eigenvalue weighted by molar-refractivity contribution is 5.32. The highest BCUT2D eigenvalue weighted by Crippen LogP contribution is 2.18. The Hall–Kier alpha value is -1.26. The summed E-state index contributed by atoms with van der Waals surface area (Å²) in [7, 11) is 0. The van der Waals surface area contributed by atoms with Crippen LogP contribution in [-0.4, -0.2) is 39.5 Å². The maximum atomic E-state index is 5.67. The van der Waals surface area contributed by atoms with Crippen molar-refractivity contribution in [2.75, 3.05) is 39.5 Å². The lowest BCUT2D eigenvalue weighted by Gasteiger charge is -2.09. The van der Waals surface area contributed by atoms with Crippen molar-refractivity contribution < 1.29 is 14.2 Å². The first-order chi connectivity index (χ1) is 9.86. The maximum absolute atomic E-state index is 5.67. The molecule has 1 aromatic rings. The van der Waals surface area contributed by atoms with Gasteiger partial charge in [-0.05, 0) is 45.4 Å². The number of nitrogens with one attached hydrogen (secondary N) is 1. The Balaban J connectivity index is 2.02. The van der Waals surface area contributed by atoms with Crippen molar-refractivity contribution in [2.45, 2.75) is 26.7 Å². The van der Waals surface area contributed by atoms with Gasteiger partial charge in [-0.2, -0.15) is 0 Å². The molecular weight excluding hydrogens is 254 g/mol. The van der Waals surface area contributed by atoms with Crippen molar-refractivity contribution in [1.29, 1.82) is 0 Å². The molecule has 0 radical (unpaired) electrons. The minimum absolute atomic E-state index is 0.668. The van der Waals surface area contributed by atoms with Crippen LogP contribution in [-0.2, 0) is 4.74 Å². The van der Waals surface area contributed by atoms with E-state index in [0.717, 1.165) is 50.6 Å². The van der Waals surface area contributed by atoms with Crippen LogP contribution in [0.1, 0.15) is 26.7 Å². The zero-order chi connectivity index (χ0) is 14.5. The van der Waals surface area contributed by atoms with E-state index in [9.17, 15) is 0 Å². The molecule has 1 N–H and O–H groups in total. The third-order valence-electron chi connectivity index (χ3n) is 2.76. The lowest BCUT2D eigenvalue weighted by Crippen LogP contribution is -2.22. The van der Waals surface area contributed by atoms with E-state index in [2.05, 4.69) is 5.32 Å². The summed E-state index contributed by atoms with van der Waals surface area (Å²) in [5.74, 6) is 1.71. The molecule has 20 heavy (non-hydrogen) atoms. The Morgan fingerprint density at radius 2 is 1.70 bits per heavy atom. The third kappa shape index (κ3) is 8.02. The fraction of sp³-hybridized carbons (Fsp3) is 0.625. The van der Waals surface area contributed by atoms with E-state index in [-0.39, 0.29) is 0 Å². The summed E-state index contributed by atoms with van der Waals surface area (Å²) in [4.78, 5) is 0. The van der Waals surface area contributed by atoms with Crippen molar-refractivity contribution in [3.8, 4) is 11.5 Å². The second kappa shape index (κ2) is 11.6. The predicted octanol–water partition coefficient (Wildman–Crippen LogP) is 2.87. The van der Waals surface area contributed by atoms with Crippen molar-refractivity contribution in [3.05, 3.63) is 24.3 Å². The topological polar surface area (TPSA) is 39.7 Å². The van der Waals surface area contributed by atoms with Crippen molar-refractivity contribution in [2.24, 2.45) is 0 Å². The molecule has 0 aliphatic rings. The quantitative estimate of drug-likeness (QED) is 0.598. The average Bonchev–Trinajstić information content (AvgIpc) is 2.46. The largest absolute Gasteiger partial charge is 0.494 e. The van der Waals surface area contributed by atoms with Crippen LogP contribution in [0, 0.1) is 0 Å². The Kier molecular flexibility index (Phi) is 9.70. The number of ether oxygens (including phenoxy) is 3. The van der Waals surface area contributed by atoms with Crippen LogP contribution in [0.3, 0.4) is 0 Å². The fourth-order valence-electron chi connectivity index (χ4n) is 1.78. The normalized spacial score (nSPS) is 10.5. The van der Waals surface area contributed by atoms with E-state index < -0.39 is 0 Å². The van der Waals surface area contributed by atoms with E-state index >= 15 is 0 Å². The minimum atomic E-state index is 0.668. The van der Waals surface area contributed by atoms with Gasteiger partial charge in [-0.25, -0.2) is 0 Å². The Morgan fingerprint density at radius 3 is 2.45 bits per heavy atom. The molecule has 0 saturated carbocycles. The summed E-state index contributed by atoms with van der Waals surface area (Å²) >= 11 is 0. The van der Waals surface area contributed by atoms with Gasteiger partial charge in [-0.3, -0.25) is 0 Å². The summed E-state index contributed by atoms with van der Waals surface area (Å²) in [6.45, 7) is 8.87. The van der Waals surface area contributed by atoms with E-state index in [1.54, 1.807) is 0 Å². The van der Waals surface area contributed by atoms with Crippen LogP contribution in [0.2, 0.25) is 0 Å². The molecule has 4 heteroatoms. The molecule has 0 amide bonds. The molecule has 114 valence electrons. The van der Waals surface area contributed by atoms with Gasteiger partial charge in [-0.1, -0.05) is 6.07 Å². The fourth-order valence-corrected chi connectivity index (χ4v) is 1.78. The van der Waals surface area contributed by atoms with Gasteiger partial charge < -0.3 is 19.5 Å². The second-order valence-corrected chi connectivity index (χ2v) is 4.41. The lowest BCUT2D eigenvalue weighted by atomic mass is 10.3. The molecule has 0 saturated heterocycles. The first-order valence-electron chi connectivity index (χ1n) is 7.51. The molecular formula is C16H27NO3. The highest BCUT2D eigenvalue weighted by Gasteiger charge is 1.97. The molecule has 0 atom stereocenters. The van der Waals surface area contributed by atoms with Crippen LogP contribution < -0.4 is 14.8 Å². The molecule has 0 aromatic heterocycles. The minimum Gasteiger partial charge on any atom is -0.494 e. The first kappa shape index (κ1) is 16.8. The zero-order valence-corrected chi connectivity index (χ0v) is 12.7. The zero-order valence-electron chi connectivity index (χ0n) is 12.7. The number of benzene rings is 1. The van der Waals surface area contributed by atoms with Crippen molar-refractivity contribution in [1.82, 2.24) is 5.32 Å². The summed E-state index contributed by atoms with van der Waals surface area (Å²) in [6.07, 6.45) is 2.25. The SMILES string of the molecule is CCOCCCCNCCOc1cccc(OCC)c1. The van der Waals surface area contributed by atoms with Gasteiger partial charge in [0, 0.05) is 25.8 Å². The summed E-state index contributed by atoms with van der Waals surface area (Å²) in [6, 6.07) is 7.75. The van der Waals surface area contributed by atoms with E-state index in [1.165, 1.54) is 0 Å². The molecule has 0 fully saturated rings. The average molecular weight is 281 g/mol. The van der Waals surface area contributed by atoms with Gasteiger partial charge in [0.15, 0.2) is 0 Å². The molecule has 0 unspecified atom stereocenters. The maximum Gasteiger partial charge on any atom is 0.123 e. The van der Waals surface area contributed by atoms with Crippen LogP contribution >= 0.6 is 0 Å². The van der Waals surface area contributed by atoms with Gasteiger partial charge in [0.25, 0.3) is 0 Å². The van der Waals surface area contributed by atoms with Crippen LogP contribution in [0.5, 0.6) is 11.5 Å². The molecule has 1 aromatic carbocycles. The number of hydrogen-bond donors (Lipinski definition) is 1. The highest BCUT2D eigenvalue weighted by atomic mass is 16.5. The van der Waals surface area contributed by atoms with Gasteiger partial charge in [0.1, 0.15) is 18.1 Å². The predicted molar refractivity (Wildman–Crippen MR) is 81.7 cm³/mol. The monoisotopic (exact) mass is 281 g/mol. The number of hydrogen-bond acceptors (Lipinski definition) is 4. The van der Waals surface area contributed by atoms with Crippen LogP contribution in [0.15, 0.2) is 24.3 Å². The molecule has 1 rings (SSSR count). The molecule has 0 bridgehead atoms. The lowest BCUT2D eigenvalue weighted by molar-refractivity contribution is 0.143. The number of unbranched alkanes of at least 4 members (excludes halogenated alkanes) is 1. The number of rotatable bonds is 12. The second-order valence-electron chi connectivity index (χ2n) is 4.41. The Bertz CT molecular complexity index is 344. The van der Waals surface area contributed by atoms with E-state index in [0.29, 0.717) is 13.2 Å². The first-order valence-corrected chi connectivity index (χ1v) is 7.51. The third-order valence-corrected chi connectivity index (χ3v) is 2.76. The van der Waals surface area contributed by atoms with Crippen LogP contribution in [0.25, 0.3) is 0 Å². The molecule has 0 aliphatic heterocycles. The Morgan fingerprint density at radius 1 is 0.900 bits per heavy atom. The van der Waals surface area contributed by atoms with E-state index in [1.807, 2.05) is 38.1 Å². The summed E-state index contributed by atoms with van der Waals surface area (Å²) < 4.78 is 16.4. The van der Waals surface area contributed by atoms with E-state index in [4.69, 9.17) is 14.2 Å². The van der Waals surface area contributed by atoms with Gasteiger partial charge in [-0.15, -0.1) is 0 Å². The summed E-state index contributed by atoms with van der Waals surface area (Å²) in [5, 5.41) is 3.36. The smallest absolute Gasteiger partial charge is 0.123 e. The van der Waals surface area contributed by atoms with Gasteiger partial charge >= 0.3 is 0 Å². The van der Waals surface area contributed by atoms with Crippen LogP contribution in [0.4, 0.5) is 0 Å². The molecule has 4 nitrogen and oxygen atoms in total. The Labute approximate surface area is 122 Å². The van der Waals surface area contributed by atoms with Crippen molar-refractivity contribution >= 4 is 0 Å². The van der Waals surface area contributed by atoms with Crippen molar-refractivity contribution in [3.63, 3.8) is 0 Å². The van der Waals surface area contributed by atoms with Gasteiger partial charge in [0.2, 0.25) is 0 Å².